The summed E-state index contributed by atoms with van der Waals surface area (Å²) in [7, 11) is 0. The molecule has 0 unspecified atom stereocenters. The van der Waals surface area contributed by atoms with Crippen LogP contribution >= 0.6 is 11.6 Å². The molecule has 1 aromatic heterocycles. The predicted molar refractivity (Wildman–Crippen MR) is 57.7 cm³/mol. The lowest BCUT2D eigenvalue weighted by atomic mass is 10.1. The number of halogens is 4. The fourth-order valence-electron chi connectivity index (χ4n) is 1.54. The van der Waals surface area contributed by atoms with Crippen LogP contribution < -0.4 is 0 Å². The van der Waals surface area contributed by atoms with Crippen molar-refractivity contribution >= 4 is 22.5 Å². The van der Waals surface area contributed by atoms with Crippen molar-refractivity contribution < 1.29 is 18.3 Å². The number of aromatic nitrogens is 1. The first-order chi connectivity index (χ1) is 7.91. The number of alkyl halides is 3. The lowest BCUT2D eigenvalue weighted by Gasteiger charge is -2.11. The summed E-state index contributed by atoms with van der Waals surface area (Å²) in [5.41, 5.74) is -0.908. The largest absolute Gasteiger partial charge is 0.418 e. The zero-order valence-electron chi connectivity index (χ0n) is 8.42. The Hall–Kier alpha value is -1.33. The molecule has 0 aliphatic carbocycles. The molecule has 0 fully saturated rings. The van der Waals surface area contributed by atoms with Crippen LogP contribution in [0.15, 0.2) is 24.3 Å². The highest BCUT2D eigenvalue weighted by Crippen LogP contribution is 2.36. The van der Waals surface area contributed by atoms with E-state index in [0.29, 0.717) is 5.39 Å². The molecule has 2 rings (SSSR count). The van der Waals surface area contributed by atoms with Gasteiger partial charge in [0, 0.05) is 10.4 Å². The number of nitrogens with zero attached hydrogens (tertiary/aromatic N) is 1. The van der Waals surface area contributed by atoms with Gasteiger partial charge in [-0.05, 0) is 18.2 Å². The van der Waals surface area contributed by atoms with Gasteiger partial charge in [0.15, 0.2) is 0 Å². The molecule has 0 aliphatic heterocycles. The van der Waals surface area contributed by atoms with Gasteiger partial charge in [-0.3, -0.25) is 0 Å². The Morgan fingerprint density at radius 3 is 2.53 bits per heavy atom. The van der Waals surface area contributed by atoms with Crippen LogP contribution in [0.2, 0.25) is 5.02 Å². The second-order valence-electron chi connectivity index (χ2n) is 3.48. The minimum absolute atomic E-state index is 0.00312. The third kappa shape index (κ3) is 2.35. The number of benzene rings is 1. The smallest absolute Gasteiger partial charge is 0.390 e. The molecule has 2 aromatic rings. The molecule has 90 valence electrons. The van der Waals surface area contributed by atoms with Crippen LogP contribution in [0, 0.1) is 0 Å². The van der Waals surface area contributed by atoms with Gasteiger partial charge >= 0.3 is 6.18 Å². The maximum atomic E-state index is 12.8. The quantitative estimate of drug-likeness (QED) is 0.853. The molecular formula is C11H7ClF3NO. The van der Waals surface area contributed by atoms with Crippen molar-refractivity contribution in [1.82, 2.24) is 4.98 Å². The first-order valence-corrected chi connectivity index (χ1v) is 5.07. The summed E-state index contributed by atoms with van der Waals surface area (Å²) in [6.45, 7) is -0.407. The van der Waals surface area contributed by atoms with Crippen molar-refractivity contribution in [2.24, 2.45) is 0 Å². The van der Waals surface area contributed by atoms with Crippen LogP contribution in [0.4, 0.5) is 13.2 Å². The molecule has 0 amide bonds. The van der Waals surface area contributed by atoms with Crippen molar-refractivity contribution in [2.75, 3.05) is 0 Å². The molecule has 0 spiro atoms. The fraction of sp³-hybridized carbons (Fsp3) is 0.182. The maximum absolute atomic E-state index is 12.8. The molecule has 0 radical (unpaired) electrons. The fourth-order valence-corrected chi connectivity index (χ4v) is 1.77. The average Bonchev–Trinajstić information content (AvgIpc) is 2.26. The number of aliphatic hydroxyl groups is 1. The average molecular weight is 262 g/mol. The van der Waals surface area contributed by atoms with Crippen molar-refractivity contribution in [1.29, 1.82) is 0 Å². The third-order valence-corrected chi connectivity index (χ3v) is 2.50. The molecule has 17 heavy (non-hydrogen) atoms. The van der Waals surface area contributed by atoms with Crippen molar-refractivity contribution in [3.63, 3.8) is 0 Å². The van der Waals surface area contributed by atoms with E-state index in [1.807, 2.05) is 0 Å². The van der Waals surface area contributed by atoms with Crippen LogP contribution in [-0.2, 0) is 12.8 Å². The standard InChI is InChI=1S/C11H7ClF3NO/c12-7-3-6-1-2-8(5-17)16-10(6)9(4-7)11(13,14)15/h1-4,17H,5H2. The van der Waals surface area contributed by atoms with Gasteiger partial charge in [-0.2, -0.15) is 13.2 Å². The molecule has 0 saturated heterocycles. The third-order valence-electron chi connectivity index (χ3n) is 2.28. The number of pyridine rings is 1. The molecule has 0 aliphatic rings. The normalized spacial score (nSPS) is 12.1. The van der Waals surface area contributed by atoms with Gasteiger partial charge in [0.1, 0.15) is 0 Å². The van der Waals surface area contributed by atoms with Gasteiger partial charge in [0.05, 0.1) is 23.4 Å². The van der Waals surface area contributed by atoms with Gasteiger partial charge in [0.25, 0.3) is 0 Å². The highest BCUT2D eigenvalue weighted by Gasteiger charge is 2.33. The Labute approximate surface area is 99.7 Å². The summed E-state index contributed by atoms with van der Waals surface area (Å²) in [6.07, 6.45) is -4.52. The monoisotopic (exact) mass is 261 g/mol. The summed E-state index contributed by atoms with van der Waals surface area (Å²) in [5, 5.41) is 9.17. The van der Waals surface area contributed by atoms with E-state index in [-0.39, 0.29) is 16.2 Å². The second-order valence-corrected chi connectivity index (χ2v) is 3.92. The number of rotatable bonds is 1. The molecular weight excluding hydrogens is 255 g/mol. The zero-order valence-corrected chi connectivity index (χ0v) is 9.18. The SMILES string of the molecule is OCc1ccc2cc(Cl)cc(C(F)(F)F)c2n1. The minimum Gasteiger partial charge on any atom is -0.390 e. The Morgan fingerprint density at radius 2 is 1.94 bits per heavy atom. The molecule has 6 heteroatoms. The molecule has 0 bridgehead atoms. The molecule has 0 atom stereocenters. The highest BCUT2D eigenvalue weighted by molar-refractivity contribution is 6.31. The Balaban J connectivity index is 2.80. The van der Waals surface area contributed by atoms with Gasteiger partial charge in [-0.25, -0.2) is 4.98 Å². The number of hydrogen-bond donors (Lipinski definition) is 1. The highest BCUT2D eigenvalue weighted by atomic mass is 35.5. The molecule has 1 N–H and O–H groups in total. The van der Waals surface area contributed by atoms with Crippen LogP contribution in [0.3, 0.4) is 0 Å². The van der Waals surface area contributed by atoms with Gasteiger partial charge in [0.2, 0.25) is 0 Å². The van der Waals surface area contributed by atoms with E-state index in [2.05, 4.69) is 4.98 Å². The van der Waals surface area contributed by atoms with Gasteiger partial charge < -0.3 is 5.11 Å². The second kappa shape index (κ2) is 4.16. The van der Waals surface area contributed by atoms with E-state index in [1.54, 1.807) is 0 Å². The first-order valence-electron chi connectivity index (χ1n) is 4.69. The van der Waals surface area contributed by atoms with E-state index >= 15 is 0 Å². The van der Waals surface area contributed by atoms with Gasteiger partial charge in [-0.1, -0.05) is 17.7 Å². The summed E-state index contributed by atoms with van der Waals surface area (Å²) in [4.78, 5) is 3.77. The lowest BCUT2D eigenvalue weighted by molar-refractivity contribution is -0.136. The first kappa shape index (κ1) is 12.1. The number of fused-ring (bicyclic) bond motifs is 1. The van der Waals surface area contributed by atoms with E-state index in [0.717, 1.165) is 6.07 Å². The molecule has 1 aromatic carbocycles. The Morgan fingerprint density at radius 1 is 1.24 bits per heavy atom. The van der Waals surface area contributed by atoms with Crippen molar-refractivity contribution in [2.45, 2.75) is 12.8 Å². The number of aliphatic hydroxyl groups excluding tert-OH is 1. The van der Waals surface area contributed by atoms with Crippen LogP contribution in [-0.4, -0.2) is 10.1 Å². The van der Waals surface area contributed by atoms with Crippen molar-refractivity contribution in [3.8, 4) is 0 Å². The number of hydrogen-bond acceptors (Lipinski definition) is 2. The lowest BCUT2D eigenvalue weighted by Crippen LogP contribution is -2.07. The Bertz CT molecular complexity index is 568. The molecule has 1 heterocycles. The Kier molecular flexibility index (Phi) is 2.97. The maximum Gasteiger partial charge on any atom is 0.418 e. The molecule has 2 nitrogen and oxygen atoms in total. The minimum atomic E-state index is -4.52. The molecule has 0 saturated carbocycles. The summed E-state index contributed by atoms with van der Waals surface area (Å²) >= 11 is 5.63. The summed E-state index contributed by atoms with van der Waals surface area (Å²) < 4.78 is 38.3. The van der Waals surface area contributed by atoms with E-state index in [1.165, 1.54) is 18.2 Å². The van der Waals surface area contributed by atoms with Gasteiger partial charge in [-0.15, -0.1) is 0 Å². The summed E-state index contributed by atoms with van der Waals surface area (Å²) in [6, 6.07) is 5.14. The predicted octanol–water partition coefficient (Wildman–Crippen LogP) is 3.40. The van der Waals surface area contributed by atoms with Crippen molar-refractivity contribution in [3.05, 3.63) is 40.5 Å². The summed E-state index contributed by atoms with van der Waals surface area (Å²) in [5.74, 6) is 0. The van der Waals surface area contributed by atoms with E-state index < -0.39 is 18.3 Å². The van der Waals surface area contributed by atoms with Crippen LogP contribution in [0.25, 0.3) is 10.9 Å². The van der Waals surface area contributed by atoms with Crippen LogP contribution in [0.5, 0.6) is 0 Å². The zero-order chi connectivity index (χ0) is 12.6. The topological polar surface area (TPSA) is 33.1 Å². The van der Waals surface area contributed by atoms with E-state index in [4.69, 9.17) is 16.7 Å². The van der Waals surface area contributed by atoms with Crippen LogP contribution in [0.1, 0.15) is 11.3 Å². The van der Waals surface area contributed by atoms with E-state index in [9.17, 15) is 13.2 Å².